The van der Waals surface area contributed by atoms with E-state index in [1.165, 1.54) is 42.5 Å². The Bertz CT molecular complexity index is 1320. The Morgan fingerprint density at radius 1 is 1.03 bits per heavy atom. The lowest BCUT2D eigenvalue weighted by atomic mass is 10.1. The first kappa shape index (κ1) is 24.3. The van der Waals surface area contributed by atoms with Crippen LogP contribution in [0, 0.1) is 10.1 Å². The summed E-state index contributed by atoms with van der Waals surface area (Å²) in [7, 11) is -1.93. The van der Waals surface area contributed by atoms with Crippen molar-refractivity contribution in [2.24, 2.45) is 0 Å². The number of nitrogens with zero attached hydrogens (tertiary/aromatic N) is 1. The molecule has 10 nitrogen and oxygen atoms in total. The van der Waals surface area contributed by atoms with E-state index in [2.05, 4.69) is 5.32 Å². The predicted molar refractivity (Wildman–Crippen MR) is 122 cm³/mol. The third-order valence-electron chi connectivity index (χ3n) is 4.59. The highest BCUT2D eigenvalue weighted by molar-refractivity contribution is 7.85. The molecule has 1 amide bonds. The number of nitro benzene ring substituents is 1. The van der Waals surface area contributed by atoms with E-state index >= 15 is 0 Å². The number of rotatable bonds is 8. The van der Waals surface area contributed by atoms with Crippen LogP contribution in [0.1, 0.15) is 38.0 Å². The van der Waals surface area contributed by atoms with Gasteiger partial charge in [-0.15, -0.1) is 0 Å². The second kappa shape index (κ2) is 10.5. The van der Waals surface area contributed by atoms with Crippen LogP contribution in [0.15, 0.2) is 76.5 Å². The average molecular weight is 482 g/mol. The normalized spacial score (nSPS) is 11.3. The van der Waals surface area contributed by atoms with Gasteiger partial charge in [0, 0.05) is 22.6 Å². The first-order chi connectivity index (χ1) is 16.2. The van der Waals surface area contributed by atoms with Crippen LogP contribution in [-0.2, 0) is 15.5 Å². The molecule has 0 heterocycles. The summed E-state index contributed by atoms with van der Waals surface area (Å²) in [6.45, 7) is 1.64. The lowest BCUT2D eigenvalue weighted by molar-refractivity contribution is -0.384. The molecule has 0 bridgehead atoms. The molecular weight excluding hydrogens is 464 g/mol. The van der Waals surface area contributed by atoms with Gasteiger partial charge in [-0.3, -0.25) is 14.9 Å². The van der Waals surface area contributed by atoms with Crippen molar-refractivity contribution in [1.29, 1.82) is 0 Å². The Kier molecular flexibility index (Phi) is 7.49. The minimum atomic E-state index is -1.93. The highest BCUT2D eigenvalue weighted by atomic mass is 32.2. The molecule has 3 rings (SSSR count). The molecule has 0 aliphatic carbocycles. The van der Waals surface area contributed by atoms with E-state index in [1.54, 1.807) is 19.1 Å². The van der Waals surface area contributed by atoms with Gasteiger partial charge in [0.1, 0.15) is 0 Å². The molecule has 3 aromatic carbocycles. The van der Waals surface area contributed by atoms with E-state index in [9.17, 15) is 33.8 Å². The third-order valence-corrected chi connectivity index (χ3v) is 6.02. The fourth-order valence-electron chi connectivity index (χ4n) is 3.02. The van der Waals surface area contributed by atoms with Crippen molar-refractivity contribution >= 4 is 40.0 Å². The van der Waals surface area contributed by atoms with Gasteiger partial charge in [-0.05, 0) is 43.3 Å². The van der Waals surface area contributed by atoms with Crippen molar-refractivity contribution in [2.75, 3.05) is 11.9 Å². The van der Waals surface area contributed by atoms with Crippen LogP contribution in [-0.4, -0.2) is 38.7 Å². The quantitative estimate of drug-likeness (QED) is 0.279. The van der Waals surface area contributed by atoms with E-state index in [0.29, 0.717) is 0 Å². The van der Waals surface area contributed by atoms with E-state index in [4.69, 9.17) is 4.74 Å². The van der Waals surface area contributed by atoms with Crippen LogP contribution in [0.25, 0.3) is 0 Å². The summed E-state index contributed by atoms with van der Waals surface area (Å²) < 4.78 is 18.1. The molecule has 0 aliphatic heterocycles. The molecule has 3 aromatic rings. The number of ether oxygens (including phenoxy) is 1. The number of esters is 1. The molecule has 0 aromatic heterocycles. The maximum Gasteiger partial charge on any atom is 0.338 e. The van der Waals surface area contributed by atoms with Gasteiger partial charge in [0.05, 0.1) is 44.0 Å². The average Bonchev–Trinajstić information content (AvgIpc) is 2.83. The summed E-state index contributed by atoms with van der Waals surface area (Å²) in [5.41, 5.74) is -0.609. The van der Waals surface area contributed by atoms with Crippen molar-refractivity contribution in [3.63, 3.8) is 0 Å². The van der Waals surface area contributed by atoms with Gasteiger partial charge in [0.2, 0.25) is 0 Å². The zero-order valence-corrected chi connectivity index (χ0v) is 18.5. The summed E-state index contributed by atoms with van der Waals surface area (Å²) >= 11 is 0. The molecule has 0 saturated heterocycles. The minimum absolute atomic E-state index is 0.0294. The van der Waals surface area contributed by atoms with Crippen LogP contribution in [0.5, 0.6) is 0 Å². The number of nitro groups is 1. The van der Waals surface area contributed by atoms with Gasteiger partial charge in [0.15, 0.2) is 0 Å². The monoisotopic (exact) mass is 482 g/mol. The van der Waals surface area contributed by atoms with Gasteiger partial charge in [-0.2, -0.15) is 0 Å². The molecule has 0 radical (unpaired) electrons. The van der Waals surface area contributed by atoms with Gasteiger partial charge >= 0.3 is 11.9 Å². The number of carbonyl (C=O) groups excluding carboxylic acids is 2. The summed E-state index contributed by atoms with van der Waals surface area (Å²) in [6.07, 6.45) is 0. The molecular formula is C23H18N2O8S. The van der Waals surface area contributed by atoms with Crippen molar-refractivity contribution in [3.05, 3.63) is 93.5 Å². The number of hydrogen-bond donors (Lipinski definition) is 2. The van der Waals surface area contributed by atoms with Crippen molar-refractivity contribution in [1.82, 2.24) is 0 Å². The number of hydrogen-bond acceptors (Lipinski definition) is 7. The second-order valence-corrected chi connectivity index (χ2v) is 8.21. The van der Waals surface area contributed by atoms with E-state index in [-0.39, 0.29) is 44.5 Å². The Hall–Kier alpha value is -4.38. The molecule has 11 heteroatoms. The number of carboxylic acids is 1. The first-order valence-electron chi connectivity index (χ1n) is 9.84. The molecule has 1 atom stereocenters. The van der Waals surface area contributed by atoms with E-state index in [0.717, 1.165) is 12.1 Å². The minimum Gasteiger partial charge on any atom is -0.478 e. The lowest BCUT2D eigenvalue weighted by Gasteiger charge is -2.12. The van der Waals surface area contributed by atoms with Crippen LogP contribution in [0.2, 0.25) is 0 Å². The van der Waals surface area contributed by atoms with Crippen molar-refractivity contribution < 1.29 is 33.4 Å². The zero-order valence-electron chi connectivity index (χ0n) is 17.7. The van der Waals surface area contributed by atoms with Gasteiger partial charge < -0.3 is 15.2 Å². The molecule has 34 heavy (non-hydrogen) atoms. The Morgan fingerprint density at radius 3 is 2.44 bits per heavy atom. The molecule has 0 fully saturated rings. The number of non-ortho nitro benzene ring substituents is 1. The zero-order chi connectivity index (χ0) is 24.8. The highest BCUT2D eigenvalue weighted by Gasteiger charge is 2.22. The first-order valence-corrected chi connectivity index (χ1v) is 11.0. The van der Waals surface area contributed by atoms with Gasteiger partial charge in [-0.1, -0.05) is 18.2 Å². The Balaban J connectivity index is 1.94. The van der Waals surface area contributed by atoms with E-state index < -0.39 is 33.6 Å². The maximum absolute atomic E-state index is 13.3. The van der Waals surface area contributed by atoms with Crippen LogP contribution >= 0.6 is 0 Å². The largest absolute Gasteiger partial charge is 0.478 e. The molecule has 174 valence electrons. The lowest BCUT2D eigenvalue weighted by Crippen LogP contribution is -2.14. The van der Waals surface area contributed by atoms with Crippen LogP contribution in [0.4, 0.5) is 11.4 Å². The van der Waals surface area contributed by atoms with E-state index in [1.807, 2.05) is 0 Å². The summed E-state index contributed by atoms with van der Waals surface area (Å²) in [5.74, 6) is -2.87. The van der Waals surface area contributed by atoms with Gasteiger partial charge in [-0.25, -0.2) is 13.8 Å². The molecule has 2 N–H and O–H groups in total. The number of carbonyl (C=O) groups is 3. The number of aromatic carboxylic acids is 1. The fraction of sp³-hybridized carbons (Fsp3) is 0.0870. The van der Waals surface area contributed by atoms with Crippen molar-refractivity contribution in [3.8, 4) is 0 Å². The molecule has 1 unspecified atom stereocenters. The summed E-state index contributed by atoms with van der Waals surface area (Å²) in [6, 6.07) is 15.0. The standard InChI is InChI=1S/C23H18N2O8S/c1-2-33-23(29)17-11-10-16(13-18(17)22(27)28)34(32)20-9-4-3-8-19(20)24-21(26)14-6-5-7-15(12-14)25(30)31/h3-13H,2H2,1H3,(H,24,26)(H,27,28). The summed E-state index contributed by atoms with van der Waals surface area (Å²) in [4.78, 5) is 47.0. The number of anilines is 1. The molecule has 0 spiro atoms. The van der Waals surface area contributed by atoms with Crippen LogP contribution in [0.3, 0.4) is 0 Å². The molecule has 0 aliphatic rings. The number of benzene rings is 3. The number of para-hydroxylation sites is 1. The molecule has 0 saturated carbocycles. The third kappa shape index (κ3) is 5.33. The Labute approximate surface area is 195 Å². The van der Waals surface area contributed by atoms with Crippen molar-refractivity contribution in [2.45, 2.75) is 16.7 Å². The van der Waals surface area contributed by atoms with Crippen LogP contribution < -0.4 is 5.32 Å². The smallest absolute Gasteiger partial charge is 0.338 e. The number of nitrogens with one attached hydrogen (secondary N) is 1. The highest BCUT2D eigenvalue weighted by Crippen LogP contribution is 2.27. The fourth-order valence-corrected chi connectivity index (χ4v) is 4.21. The predicted octanol–water partition coefficient (Wildman–Crippen LogP) is 3.89. The van der Waals surface area contributed by atoms with Gasteiger partial charge in [0.25, 0.3) is 11.6 Å². The second-order valence-electron chi connectivity index (χ2n) is 6.76. The number of carboxylic acid groups (broad SMARTS) is 1. The SMILES string of the molecule is CCOC(=O)c1ccc(S(=O)c2ccccc2NC(=O)c2cccc([N+](=O)[O-])c2)cc1C(=O)O. The topological polar surface area (TPSA) is 153 Å². The summed E-state index contributed by atoms with van der Waals surface area (Å²) in [5, 5.41) is 23.1. The maximum atomic E-state index is 13.3. The number of amides is 1. The Morgan fingerprint density at radius 2 is 1.76 bits per heavy atom.